The molecule has 0 aromatic rings. The molecule has 154 valence electrons. The van der Waals surface area contributed by atoms with Crippen LogP contribution in [0.1, 0.15) is 74.7 Å². The third kappa shape index (κ3) is 7.45. The minimum Gasteiger partial charge on any atom is -0.375 e. The van der Waals surface area contributed by atoms with E-state index in [0.717, 1.165) is 17.7 Å². The molecule has 0 atom stereocenters. The van der Waals surface area contributed by atoms with Crippen LogP contribution in [0.5, 0.6) is 0 Å². The van der Waals surface area contributed by atoms with Crippen LogP contribution in [0.4, 0.5) is 0 Å². The van der Waals surface area contributed by atoms with Crippen LogP contribution in [0.2, 0.25) is 0 Å². The van der Waals surface area contributed by atoms with Gasteiger partial charge in [0, 0.05) is 30.7 Å². The van der Waals surface area contributed by atoms with Crippen LogP contribution in [0.15, 0.2) is 12.2 Å². The lowest BCUT2D eigenvalue weighted by Gasteiger charge is -2.36. The summed E-state index contributed by atoms with van der Waals surface area (Å²) in [5.41, 5.74) is -1.55. The van der Waals surface area contributed by atoms with E-state index in [4.69, 9.17) is 4.74 Å². The summed E-state index contributed by atoms with van der Waals surface area (Å²) in [5, 5.41) is 3.04. The average molecular weight is 381 g/mol. The number of carbonyl (C=O) groups is 3. The summed E-state index contributed by atoms with van der Waals surface area (Å²) in [5.74, 6) is -0.453. The quantitative estimate of drug-likeness (QED) is 0.591. The van der Waals surface area contributed by atoms with Gasteiger partial charge in [0.1, 0.15) is 0 Å². The summed E-state index contributed by atoms with van der Waals surface area (Å²) in [6.07, 6.45) is 4.11. The van der Waals surface area contributed by atoms with Crippen LogP contribution in [0.3, 0.4) is 0 Å². The summed E-state index contributed by atoms with van der Waals surface area (Å²) in [4.78, 5) is 37.5. The van der Waals surface area contributed by atoms with Crippen molar-refractivity contribution in [1.29, 1.82) is 0 Å². The molecule has 6 heteroatoms. The third-order valence-corrected chi connectivity index (χ3v) is 4.65. The van der Waals surface area contributed by atoms with Crippen LogP contribution in [-0.2, 0) is 19.1 Å². The normalized spacial score (nSPS) is 15.8. The largest absolute Gasteiger partial charge is 0.375 e. The molecule has 0 spiro atoms. The Morgan fingerprint density at radius 1 is 1.04 bits per heavy atom. The zero-order valence-electron chi connectivity index (χ0n) is 18.1. The number of imide groups is 1. The number of carbonyl (C=O) groups excluding carboxylic acids is 3. The monoisotopic (exact) mass is 380 g/mol. The minimum atomic E-state index is -0.878. The Kier molecular flexibility index (Phi) is 7.39. The van der Waals surface area contributed by atoms with E-state index in [-0.39, 0.29) is 29.7 Å². The Morgan fingerprint density at radius 2 is 1.56 bits per heavy atom. The zero-order chi connectivity index (χ0) is 21.0. The number of amides is 3. The second-order valence-corrected chi connectivity index (χ2v) is 9.73. The molecule has 1 rings (SSSR count). The highest BCUT2D eigenvalue weighted by Gasteiger charge is 2.39. The SMILES string of the molecule is CC(C)COC(C)(C)CCC(C)(C)NC(=O)CC(C)(C)N1C(=O)C=CC1=O. The molecule has 1 aliphatic rings. The van der Waals surface area contributed by atoms with E-state index in [1.807, 2.05) is 13.8 Å². The molecule has 0 saturated heterocycles. The van der Waals surface area contributed by atoms with Gasteiger partial charge >= 0.3 is 0 Å². The molecule has 0 aromatic carbocycles. The fourth-order valence-corrected chi connectivity index (χ4v) is 3.03. The lowest BCUT2D eigenvalue weighted by Crippen LogP contribution is -2.52. The molecule has 27 heavy (non-hydrogen) atoms. The van der Waals surface area contributed by atoms with E-state index in [0.29, 0.717) is 12.5 Å². The van der Waals surface area contributed by atoms with Crippen LogP contribution >= 0.6 is 0 Å². The molecule has 0 aliphatic carbocycles. The molecule has 0 aromatic heterocycles. The Hall–Kier alpha value is -1.69. The molecule has 1 aliphatic heterocycles. The molecular formula is C21H36N2O4. The zero-order valence-corrected chi connectivity index (χ0v) is 18.1. The first kappa shape index (κ1) is 23.3. The van der Waals surface area contributed by atoms with Gasteiger partial charge in [-0.1, -0.05) is 13.8 Å². The average Bonchev–Trinajstić information content (AvgIpc) is 2.82. The molecule has 0 saturated carbocycles. The van der Waals surface area contributed by atoms with E-state index in [1.165, 1.54) is 12.2 Å². The molecule has 0 bridgehead atoms. The van der Waals surface area contributed by atoms with Crippen molar-refractivity contribution in [3.05, 3.63) is 12.2 Å². The van der Waals surface area contributed by atoms with Gasteiger partial charge in [-0.25, -0.2) is 0 Å². The highest BCUT2D eigenvalue weighted by Crippen LogP contribution is 2.26. The standard InChI is InChI=1S/C21H36N2O4/c1-15(2)14-27-21(7,8)12-11-19(3,4)22-16(24)13-20(5,6)23-17(25)9-10-18(23)26/h9-10,15H,11-14H2,1-8H3,(H,22,24). The minimum absolute atomic E-state index is 0.0584. The Morgan fingerprint density at radius 3 is 2.04 bits per heavy atom. The molecule has 1 heterocycles. The third-order valence-electron chi connectivity index (χ3n) is 4.65. The summed E-state index contributed by atoms with van der Waals surface area (Å²) in [7, 11) is 0. The number of nitrogens with zero attached hydrogens (tertiary/aromatic N) is 1. The van der Waals surface area contributed by atoms with E-state index < -0.39 is 11.1 Å². The van der Waals surface area contributed by atoms with Crippen LogP contribution in [-0.4, -0.2) is 45.9 Å². The van der Waals surface area contributed by atoms with E-state index in [1.54, 1.807) is 13.8 Å². The Balaban J connectivity index is 2.59. The first-order valence-electron chi connectivity index (χ1n) is 9.66. The smallest absolute Gasteiger partial charge is 0.254 e. The second kappa shape index (κ2) is 8.55. The first-order valence-corrected chi connectivity index (χ1v) is 9.66. The molecule has 0 unspecified atom stereocenters. The molecule has 6 nitrogen and oxygen atoms in total. The van der Waals surface area contributed by atoms with Gasteiger partial charge in [0.05, 0.1) is 11.1 Å². The van der Waals surface area contributed by atoms with E-state index >= 15 is 0 Å². The van der Waals surface area contributed by atoms with Crippen molar-refractivity contribution in [1.82, 2.24) is 10.2 Å². The highest BCUT2D eigenvalue weighted by molar-refractivity contribution is 6.13. The van der Waals surface area contributed by atoms with Crippen molar-refractivity contribution >= 4 is 17.7 Å². The van der Waals surface area contributed by atoms with Gasteiger partial charge in [-0.3, -0.25) is 19.3 Å². The maximum absolute atomic E-state index is 12.6. The molecule has 0 radical (unpaired) electrons. The van der Waals surface area contributed by atoms with Crippen molar-refractivity contribution in [3.63, 3.8) is 0 Å². The van der Waals surface area contributed by atoms with Gasteiger partial charge in [0.25, 0.3) is 11.8 Å². The maximum atomic E-state index is 12.6. The molecule has 3 amide bonds. The lowest BCUT2D eigenvalue weighted by molar-refractivity contribution is -0.144. The lowest BCUT2D eigenvalue weighted by atomic mass is 9.90. The first-order chi connectivity index (χ1) is 12.2. The van der Waals surface area contributed by atoms with Crippen LogP contribution in [0.25, 0.3) is 0 Å². The number of hydrogen-bond acceptors (Lipinski definition) is 4. The second-order valence-electron chi connectivity index (χ2n) is 9.73. The fourth-order valence-electron chi connectivity index (χ4n) is 3.03. The molecule has 1 N–H and O–H groups in total. The van der Waals surface area contributed by atoms with Gasteiger partial charge in [0.2, 0.25) is 5.91 Å². The maximum Gasteiger partial charge on any atom is 0.254 e. The Labute approximate surface area is 163 Å². The van der Waals surface area contributed by atoms with E-state index in [2.05, 4.69) is 33.0 Å². The number of rotatable bonds is 10. The van der Waals surface area contributed by atoms with Gasteiger partial charge in [-0.05, 0) is 60.3 Å². The summed E-state index contributed by atoms with van der Waals surface area (Å²) < 4.78 is 5.96. The molecular weight excluding hydrogens is 344 g/mol. The van der Waals surface area contributed by atoms with Crippen molar-refractivity contribution in [2.75, 3.05) is 6.61 Å². The van der Waals surface area contributed by atoms with Crippen LogP contribution < -0.4 is 5.32 Å². The fraction of sp³-hybridized carbons (Fsp3) is 0.762. The summed E-state index contributed by atoms with van der Waals surface area (Å²) in [6.45, 7) is 16.5. The summed E-state index contributed by atoms with van der Waals surface area (Å²) in [6, 6.07) is 0. The van der Waals surface area contributed by atoms with E-state index in [9.17, 15) is 14.4 Å². The number of ether oxygens (including phenoxy) is 1. The van der Waals surface area contributed by atoms with Crippen molar-refractivity contribution in [2.24, 2.45) is 5.92 Å². The predicted molar refractivity (Wildman–Crippen MR) is 106 cm³/mol. The van der Waals surface area contributed by atoms with Gasteiger partial charge in [-0.2, -0.15) is 0 Å². The number of hydrogen-bond donors (Lipinski definition) is 1. The summed E-state index contributed by atoms with van der Waals surface area (Å²) >= 11 is 0. The van der Waals surface area contributed by atoms with Gasteiger partial charge < -0.3 is 10.1 Å². The van der Waals surface area contributed by atoms with Crippen LogP contribution in [0, 0.1) is 5.92 Å². The van der Waals surface area contributed by atoms with Gasteiger partial charge in [-0.15, -0.1) is 0 Å². The van der Waals surface area contributed by atoms with Crippen molar-refractivity contribution in [3.8, 4) is 0 Å². The Bertz CT molecular complexity index is 585. The van der Waals surface area contributed by atoms with Crippen molar-refractivity contribution in [2.45, 2.75) is 91.3 Å². The highest BCUT2D eigenvalue weighted by atomic mass is 16.5. The topological polar surface area (TPSA) is 75.7 Å². The predicted octanol–water partition coefficient (Wildman–Crippen LogP) is 3.21. The molecule has 0 fully saturated rings. The van der Waals surface area contributed by atoms with Crippen molar-refractivity contribution < 1.29 is 19.1 Å². The van der Waals surface area contributed by atoms with Gasteiger partial charge in [0.15, 0.2) is 0 Å². The number of nitrogens with one attached hydrogen (secondary N) is 1.